The van der Waals surface area contributed by atoms with Crippen LogP contribution >= 0.6 is 0 Å². The van der Waals surface area contributed by atoms with Crippen molar-refractivity contribution in [2.24, 2.45) is 0 Å². The standard InChI is InChI=1S/C12H12N2O7S2.2C6H15N/c13-7-1-3-9(11(5-7)22(15,16)17)21-10-4-2-8(14)6-12(10)23(18,19)20;2*1-4-7(5-2)6-3/h1-6H,13-14H2,(H,15,16,17)(H,18,19,20);2*4-6H2,1-3H3. The molecule has 13 heteroatoms. The first-order chi connectivity index (χ1) is 17.2. The van der Waals surface area contributed by atoms with Crippen molar-refractivity contribution in [3.63, 3.8) is 0 Å². The van der Waals surface area contributed by atoms with Crippen LogP contribution in [0.3, 0.4) is 0 Å². The molecule has 0 bridgehead atoms. The Morgan fingerprint density at radius 3 is 1.08 bits per heavy atom. The Labute approximate surface area is 221 Å². The van der Waals surface area contributed by atoms with Crippen LogP contribution in [0.5, 0.6) is 11.5 Å². The highest BCUT2D eigenvalue weighted by Crippen LogP contribution is 2.34. The zero-order valence-corrected chi connectivity index (χ0v) is 24.1. The number of ether oxygens (including phenoxy) is 1. The monoisotopic (exact) mass is 562 g/mol. The molecular formula is C24H42N4O7S2. The molecule has 0 heterocycles. The van der Waals surface area contributed by atoms with Gasteiger partial charge in [-0.3, -0.25) is 9.11 Å². The maximum atomic E-state index is 11.4. The molecule has 0 radical (unpaired) electrons. The van der Waals surface area contributed by atoms with Crippen molar-refractivity contribution < 1.29 is 30.7 Å². The molecule has 0 spiro atoms. The van der Waals surface area contributed by atoms with E-state index in [-0.39, 0.29) is 22.9 Å². The summed E-state index contributed by atoms with van der Waals surface area (Å²) in [6.07, 6.45) is 0. The number of nitrogen functional groups attached to an aromatic ring is 2. The number of hydrogen-bond donors (Lipinski definition) is 4. The van der Waals surface area contributed by atoms with Gasteiger partial charge in [0.15, 0.2) is 0 Å². The highest BCUT2D eigenvalue weighted by atomic mass is 32.2. The molecule has 2 aromatic carbocycles. The van der Waals surface area contributed by atoms with E-state index >= 15 is 0 Å². The van der Waals surface area contributed by atoms with Crippen LogP contribution in [0.15, 0.2) is 46.2 Å². The predicted octanol–water partition coefficient (Wildman–Crippen LogP) is 3.83. The summed E-state index contributed by atoms with van der Waals surface area (Å²) in [5.41, 5.74) is 11.0. The van der Waals surface area contributed by atoms with Gasteiger partial charge in [-0.2, -0.15) is 16.8 Å². The highest BCUT2D eigenvalue weighted by molar-refractivity contribution is 7.86. The van der Waals surface area contributed by atoms with Crippen LogP contribution < -0.4 is 16.2 Å². The molecule has 0 aliphatic carbocycles. The Morgan fingerprint density at radius 2 is 0.892 bits per heavy atom. The molecule has 0 amide bonds. The minimum atomic E-state index is -4.67. The third-order valence-corrected chi connectivity index (χ3v) is 7.14. The van der Waals surface area contributed by atoms with Gasteiger partial charge >= 0.3 is 0 Å². The Bertz CT molecular complexity index is 1060. The quantitative estimate of drug-likeness (QED) is 0.244. The molecule has 212 valence electrons. The minimum absolute atomic E-state index is 0.0392. The lowest BCUT2D eigenvalue weighted by atomic mass is 10.3. The second kappa shape index (κ2) is 16.4. The van der Waals surface area contributed by atoms with Gasteiger partial charge in [-0.1, -0.05) is 41.5 Å². The third kappa shape index (κ3) is 12.6. The van der Waals surface area contributed by atoms with E-state index in [1.165, 1.54) is 51.4 Å². The maximum absolute atomic E-state index is 11.4. The van der Waals surface area contributed by atoms with Crippen LogP contribution in [-0.2, 0) is 20.2 Å². The summed E-state index contributed by atoms with van der Waals surface area (Å²) < 4.78 is 69.1. The fourth-order valence-electron chi connectivity index (χ4n) is 3.08. The summed E-state index contributed by atoms with van der Waals surface area (Å²) in [7, 11) is -9.35. The Morgan fingerprint density at radius 1 is 0.622 bits per heavy atom. The van der Waals surface area contributed by atoms with Crippen molar-refractivity contribution in [3.8, 4) is 11.5 Å². The van der Waals surface area contributed by atoms with Crippen LogP contribution in [0.4, 0.5) is 11.4 Å². The smallest absolute Gasteiger partial charge is 0.298 e. The van der Waals surface area contributed by atoms with E-state index < -0.39 is 30.0 Å². The average molecular weight is 563 g/mol. The van der Waals surface area contributed by atoms with Crippen LogP contribution in [-0.4, -0.2) is 75.0 Å². The first kappa shape index (κ1) is 34.6. The largest absolute Gasteiger partial charge is 0.454 e. The number of benzene rings is 2. The molecule has 0 fully saturated rings. The lowest BCUT2D eigenvalue weighted by Crippen LogP contribution is -2.21. The summed E-state index contributed by atoms with van der Waals surface area (Å²) in [5.74, 6) is -0.757. The first-order valence-electron chi connectivity index (χ1n) is 12.0. The Kier molecular flexibility index (Phi) is 15.4. The molecule has 2 rings (SSSR count). The topological polar surface area (TPSA) is 176 Å². The van der Waals surface area contributed by atoms with Crippen molar-refractivity contribution in [1.82, 2.24) is 9.80 Å². The van der Waals surface area contributed by atoms with Gasteiger partial charge in [0.1, 0.15) is 21.3 Å². The van der Waals surface area contributed by atoms with Gasteiger partial charge in [-0.15, -0.1) is 0 Å². The third-order valence-electron chi connectivity index (χ3n) is 5.39. The van der Waals surface area contributed by atoms with Gasteiger partial charge in [0.2, 0.25) is 0 Å². The second-order valence-electron chi connectivity index (χ2n) is 7.70. The van der Waals surface area contributed by atoms with Gasteiger partial charge in [0, 0.05) is 11.4 Å². The van der Waals surface area contributed by atoms with E-state index in [9.17, 15) is 25.9 Å². The summed E-state index contributed by atoms with van der Waals surface area (Å²) >= 11 is 0. The molecule has 0 atom stereocenters. The highest BCUT2D eigenvalue weighted by Gasteiger charge is 2.22. The Hall–Kier alpha value is -2.42. The van der Waals surface area contributed by atoms with Crippen LogP contribution in [0.1, 0.15) is 41.5 Å². The van der Waals surface area contributed by atoms with Crippen LogP contribution in [0.25, 0.3) is 0 Å². The molecule has 37 heavy (non-hydrogen) atoms. The second-order valence-corrected chi connectivity index (χ2v) is 10.5. The van der Waals surface area contributed by atoms with E-state index in [1.807, 2.05) is 0 Å². The summed E-state index contributed by atoms with van der Waals surface area (Å²) in [5, 5.41) is 0. The van der Waals surface area contributed by atoms with Gasteiger partial charge in [-0.05, 0) is 75.7 Å². The van der Waals surface area contributed by atoms with E-state index in [0.29, 0.717) is 0 Å². The lowest BCUT2D eigenvalue weighted by Gasteiger charge is -2.13. The van der Waals surface area contributed by atoms with E-state index in [1.54, 1.807) is 0 Å². The molecule has 0 aliphatic rings. The SMILES string of the molecule is CCN(CC)CC.CCN(CC)CC.Nc1ccc(Oc2ccc(N)cc2S(=O)(=O)O)c(S(=O)(=O)O)c1. The molecule has 0 saturated carbocycles. The number of nitrogens with zero attached hydrogens (tertiary/aromatic N) is 2. The zero-order valence-electron chi connectivity index (χ0n) is 22.5. The van der Waals surface area contributed by atoms with Gasteiger partial charge < -0.3 is 26.0 Å². The molecule has 0 saturated heterocycles. The average Bonchev–Trinajstić information content (AvgIpc) is 2.83. The van der Waals surface area contributed by atoms with Gasteiger partial charge in [0.25, 0.3) is 20.2 Å². The molecule has 2 aromatic rings. The van der Waals surface area contributed by atoms with Crippen molar-refractivity contribution in [1.29, 1.82) is 0 Å². The molecule has 0 unspecified atom stereocenters. The minimum Gasteiger partial charge on any atom is -0.454 e. The molecular weight excluding hydrogens is 520 g/mol. The number of hydrogen-bond acceptors (Lipinski definition) is 9. The van der Waals surface area contributed by atoms with E-state index in [0.717, 1.165) is 24.3 Å². The normalized spacial score (nSPS) is 11.4. The number of nitrogens with two attached hydrogens (primary N) is 2. The van der Waals surface area contributed by atoms with Crippen molar-refractivity contribution in [2.45, 2.75) is 51.3 Å². The van der Waals surface area contributed by atoms with Crippen LogP contribution in [0, 0.1) is 0 Å². The molecule has 6 N–H and O–H groups in total. The number of rotatable bonds is 10. The predicted molar refractivity (Wildman–Crippen MR) is 148 cm³/mol. The summed E-state index contributed by atoms with van der Waals surface area (Å²) in [6, 6.07) is 6.71. The Balaban J connectivity index is 0.000000761. The van der Waals surface area contributed by atoms with Gasteiger partial charge in [0.05, 0.1) is 0 Å². The van der Waals surface area contributed by atoms with E-state index in [2.05, 4.69) is 51.3 Å². The van der Waals surface area contributed by atoms with Crippen molar-refractivity contribution in [3.05, 3.63) is 36.4 Å². The van der Waals surface area contributed by atoms with Crippen molar-refractivity contribution in [2.75, 3.05) is 50.7 Å². The number of anilines is 2. The van der Waals surface area contributed by atoms with Gasteiger partial charge in [-0.25, -0.2) is 0 Å². The van der Waals surface area contributed by atoms with Crippen molar-refractivity contribution >= 4 is 31.6 Å². The molecule has 0 aromatic heterocycles. The van der Waals surface area contributed by atoms with Crippen LogP contribution in [0.2, 0.25) is 0 Å². The lowest BCUT2D eigenvalue weighted by molar-refractivity contribution is 0.321. The summed E-state index contributed by atoms with van der Waals surface area (Å²) in [6.45, 7) is 20.2. The maximum Gasteiger partial charge on any atom is 0.298 e. The summed E-state index contributed by atoms with van der Waals surface area (Å²) in [4.78, 5) is 3.44. The molecule has 11 nitrogen and oxygen atoms in total. The molecule has 0 aliphatic heterocycles. The van der Waals surface area contributed by atoms with E-state index in [4.69, 9.17) is 16.2 Å². The zero-order chi connectivity index (χ0) is 28.8. The first-order valence-corrected chi connectivity index (χ1v) is 14.9. The fourth-order valence-corrected chi connectivity index (χ4v) is 4.38. The fraction of sp³-hybridized carbons (Fsp3) is 0.500.